The van der Waals surface area contributed by atoms with E-state index in [4.69, 9.17) is 0 Å². The molecule has 2 atom stereocenters. The molecule has 0 saturated carbocycles. The Morgan fingerprint density at radius 1 is 1.57 bits per heavy atom. The van der Waals surface area contributed by atoms with Crippen molar-refractivity contribution in [3.8, 4) is 0 Å². The van der Waals surface area contributed by atoms with E-state index < -0.39 is 0 Å². The van der Waals surface area contributed by atoms with Crippen LogP contribution < -0.4 is 0 Å². The number of hydrogen-bond donors (Lipinski definition) is 1. The Morgan fingerprint density at radius 2 is 2.36 bits per heavy atom. The quantitative estimate of drug-likeness (QED) is 0.644. The van der Waals surface area contributed by atoms with E-state index in [1.165, 1.54) is 5.57 Å². The van der Waals surface area contributed by atoms with E-state index in [1.807, 2.05) is 0 Å². The summed E-state index contributed by atoms with van der Waals surface area (Å²) in [7, 11) is 0. The second-order valence-electron chi connectivity index (χ2n) is 4.37. The first-order chi connectivity index (χ1) is 6.70. The van der Waals surface area contributed by atoms with Crippen molar-refractivity contribution < 1.29 is 9.90 Å². The van der Waals surface area contributed by atoms with Crippen molar-refractivity contribution in [1.29, 1.82) is 0 Å². The van der Waals surface area contributed by atoms with Gasteiger partial charge in [-0.15, -0.1) is 0 Å². The smallest absolute Gasteiger partial charge is 0.156 e. The number of carbonyl (C=O) groups excluding carboxylic acids is 1. The van der Waals surface area contributed by atoms with E-state index in [2.05, 4.69) is 13.0 Å². The van der Waals surface area contributed by atoms with Crippen LogP contribution in [-0.2, 0) is 4.79 Å². The van der Waals surface area contributed by atoms with Crippen molar-refractivity contribution in [2.24, 2.45) is 11.8 Å². The Hall–Kier alpha value is -0.890. The van der Waals surface area contributed by atoms with Crippen molar-refractivity contribution in [3.05, 3.63) is 23.3 Å². The molecule has 1 N–H and O–H groups in total. The Labute approximate surface area is 84.3 Å². The summed E-state index contributed by atoms with van der Waals surface area (Å²) >= 11 is 0. The lowest BCUT2D eigenvalue weighted by molar-refractivity contribution is -0.116. The minimum Gasteiger partial charge on any atom is -0.392 e. The molecule has 2 nitrogen and oxygen atoms in total. The van der Waals surface area contributed by atoms with Gasteiger partial charge in [0.2, 0.25) is 0 Å². The molecule has 0 aromatic heterocycles. The van der Waals surface area contributed by atoms with Gasteiger partial charge in [0.05, 0.1) is 6.61 Å². The summed E-state index contributed by atoms with van der Waals surface area (Å²) in [6.45, 7) is 2.16. The molecule has 14 heavy (non-hydrogen) atoms. The number of hydrogen-bond acceptors (Lipinski definition) is 2. The van der Waals surface area contributed by atoms with Gasteiger partial charge in [0.15, 0.2) is 5.78 Å². The van der Waals surface area contributed by atoms with E-state index >= 15 is 0 Å². The number of aliphatic hydroxyl groups excluding tert-OH is 1. The molecular formula is C12H16O2. The molecule has 0 radical (unpaired) electrons. The summed E-state index contributed by atoms with van der Waals surface area (Å²) in [6.07, 6.45) is 6.69. The van der Waals surface area contributed by atoms with Gasteiger partial charge in [0.1, 0.15) is 0 Å². The Morgan fingerprint density at radius 3 is 3.07 bits per heavy atom. The molecule has 0 saturated heterocycles. The third-order valence-electron chi connectivity index (χ3n) is 3.31. The van der Waals surface area contributed by atoms with Crippen LogP contribution in [-0.4, -0.2) is 17.5 Å². The zero-order chi connectivity index (χ0) is 10.1. The number of ketones is 1. The first kappa shape index (κ1) is 9.66. The third-order valence-corrected chi connectivity index (χ3v) is 3.31. The van der Waals surface area contributed by atoms with E-state index in [1.54, 1.807) is 6.08 Å². The van der Waals surface area contributed by atoms with Crippen LogP contribution in [0.5, 0.6) is 0 Å². The molecule has 0 unspecified atom stereocenters. The second-order valence-corrected chi connectivity index (χ2v) is 4.37. The van der Waals surface area contributed by atoms with Crippen molar-refractivity contribution in [1.82, 2.24) is 0 Å². The second kappa shape index (κ2) is 3.70. The van der Waals surface area contributed by atoms with Crippen LogP contribution in [0, 0.1) is 11.8 Å². The van der Waals surface area contributed by atoms with Gasteiger partial charge in [0.25, 0.3) is 0 Å². The largest absolute Gasteiger partial charge is 0.392 e. The van der Waals surface area contributed by atoms with Crippen LogP contribution in [0.2, 0.25) is 0 Å². The van der Waals surface area contributed by atoms with Crippen LogP contribution in [0.15, 0.2) is 23.3 Å². The molecule has 0 bridgehead atoms. The minimum atomic E-state index is 0.0415. The minimum absolute atomic E-state index is 0.0415. The predicted octanol–water partition coefficient (Wildman–Crippen LogP) is 1.85. The Bertz CT molecular complexity index is 312. The molecule has 0 fully saturated rings. The van der Waals surface area contributed by atoms with Crippen molar-refractivity contribution in [2.75, 3.05) is 6.61 Å². The highest BCUT2D eigenvalue weighted by Gasteiger charge is 2.31. The molecule has 0 aliphatic heterocycles. The van der Waals surface area contributed by atoms with Crippen LogP contribution in [0.1, 0.15) is 26.2 Å². The molecule has 2 aliphatic carbocycles. The van der Waals surface area contributed by atoms with Gasteiger partial charge in [0, 0.05) is 6.42 Å². The SMILES string of the molecule is CC1=C[C@@H]2CC(=O)C=C(CO)[C@@H]2CC1. The monoisotopic (exact) mass is 192 g/mol. The topological polar surface area (TPSA) is 37.3 Å². The van der Waals surface area contributed by atoms with Gasteiger partial charge < -0.3 is 5.11 Å². The molecule has 2 aliphatic rings. The summed E-state index contributed by atoms with van der Waals surface area (Å²) in [5.74, 6) is 0.936. The van der Waals surface area contributed by atoms with E-state index in [-0.39, 0.29) is 12.4 Å². The van der Waals surface area contributed by atoms with Crippen molar-refractivity contribution >= 4 is 5.78 Å². The Kier molecular flexibility index (Phi) is 2.55. The molecule has 0 spiro atoms. The fraction of sp³-hybridized carbons (Fsp3) is 0.583. The molecule has 2 heteroatoms. The number of carbonyl (C=O) groups is 1. The molecule has 0 heterocycles. The lowest BCUT2D eigenvalue weighted by Crippen LogP contribution is -2.27. The lowest BCUT2D eigenvalue weighted by Gasteiger charge is -2.33. The highest BCUT2D eigenvalue weighted by atomic mass is 16.3. The predicted molar refractivity (Wildman–Crippen MR) is 54.8 cm³/mol. The first-order valence-electron chi connectivity index (χ1n) is 5.22. The Balaban J connectivity index is 2.28. The average Bonchev–Trinajstić information content (AvgIpc) is 2.15. The van der Waals surface area contributed by atoms with Gasteiger partial charge in [-0.3, -0.25) is 4.79 Å². The molecule has 0 aromatic rings. The van der Waals surface area contributed by atoms with E-state index in [0.717, 1.165) is 18.4 Å². The summed E-state index contributed by atoms with van der Waals surface area (Å²) in [4.78, 5) is 11.4. The third kappa shape index (κ3) is 1.67. The number of fused-ring (bicyclic) bond motifs is 1. The van der Waals surface area contributed by atoms with Crippen molar-refractivity contribution in [2.45, 2.75) is 26.2 Å². The standard InChI is InChI=1S/C12H16O2/c1-8-2-3-12-9(4-8)5-11(14)6-10(12)7-13/h4,6,9,12-13H,2-3,5,7H2,1H3/t9-,12-/m1/s1. The van der Waals surface area contributed by atoms with Crippen LogP contribution in [0.25, 0.3) is 0 Å². The first-order valence-corrected chi connectivity index (χ1v) is 5.22. The van der Waals surface area contributed by atoms with E-state index in [9.17, 15) is 9.90 Å². The number of aliphatic hydroxyl groups is 1. The van der Waals surface area contributed by atoms with Gasteiger partial charge in [-0.05, 0) is 43.3 Å². The maximum atomic E-state index is 11.4. The van der Waals surface area contributed by atoms with E-state index in [0.29, 0.717) is 18.3 Å². The summed E-state index contributed by atoms with van der Waals surface area (Å²) in [5, 5.41) is 9.17. The normalized spacial score (nSPS) is 32.0. The molecule has 0 aromatic carbocycles. The molecule has 2 rings (SSSR count). The van der Waals surface area contributed by atoms with Crippen molar-refractivity contribution in [3.63, 3.8) is 0 Å². The van der Waals surface area contributed by atoms with Gasteiger partial charge in [-0.2, -0.15) is 0 Å². The summed E-state index contributed by atoms with van der Waals surface area (Å²) in [5.41, 5.74) is 2.33. The van der Waals surface area contributed by atoms with Crippen LogP contribution in [0.3, 0.4) is 0 Å². The van der Waals surface area contributed by atoms with Gasteiger partial charge in [-0.25, -0.2) is 0 Å². The highest BCUT2D eigenvalue weighted by molar-refractivity contribution is 5.91. The van der Waals surface area contributed by atoms with Gasteiger partial charge >= 0.3 is 0 Å². The fourth-order valence-electron chi connectivity index (χ4n) is 2.59. The molecular weight excluding hydrogens is 176 g/mol. The van der Waals surface area contributed by atoms with Crippen LogP contribution >= 0.6 is 0 Å². The van der Waals surface area contributed by atoms with Gasteiger partial charge in [-0.1, -0.05) is 11.6 Å². The molecule has 0 amide bonds. The summed E-state index contributed by atoms with van der Waals surface area (Å²) in [6, 6.07) is 0. The lowest BCUT2D eigenvalue weighted by atomic mass is 9.71. The maximum absolute atomic E-state index is 11.4. The summed E-state index contributed by atoms with van der Waals surface area (Å²) < 4.78 is 0. The average molecular weight is 192 g/mol. The number of allylic oxidation sites excluding steroid dienone is 3. The van der Waals surface area contributed by atoms with Crippen LogP contribution in [0.4, 0.5) is 0 Å². The molecule has 76 valence electrons. The zero-order valence-corrected chi connectivity index (χ0v) is 8.49. The fourth-order valence-corrected chi connectivity index (χ4v) is 2.59. The number of rotatable bonds is 1. The maximum Gasteiger partial charge on any atom is 0.156 e. The zero-order valence-electron chi connectivity index (χ0n) is 8.49. The highest BCUT2D eigenvalue weighted by Crippen LogP contribution is 2.38.